The van der Waals surface area contributed by atoms with Gasteiger partial charge in [0.2, 0.25) is 10.0 Å². The van der Waals surface area contributed by atoms with Crippen LogP contribution in [0.4, 0.5) is 5.69 Å². The molecule has 156 valence electrons. The number of ether oxygens (including phenoxy) is 2. The molecule has 0 saturated carbocycles. The highest BCUT2D eigenvalue weighted by Gasteiger charge is 2.15. The Hall–Kier alpha value is -3.43. The van der Waals surface area contributed by atoms with Gasteiger partial charge in [-0.3, -0.25) is 9.78 Å². The van der Waals surface area contributed by atoms with Gasteiger partial charge < -0.3 is 14.8 Å². The summed E-state index contributed by atoms with van der Waals surface area (Å²) in [4.78, 5) is 16.7. The maximum Gasteiger partial charge on any atom is 0.255 e. The zero-order chi connectivity index (χ0) is 21.6. The second-order valence-corrected chi connectivity index (χ2v) is 8.09. The number of nitrogens with one attached hydrogen (secondary N) is 2. The fraction of sp³-hybridized carbons (Fsp3) is 0.143. The standard InChI is InChI=1S/C21H21N3O5S/c1-22-30(26,27)18-7-3-6-16(11-18)21(25)24-17-8-9-19(28-2)20(12-17)29-14-15-5-4-10-23-13-15/h3-13,22H,14H2,1-2H3,(H,24,25). The van der Waals surface area contributed by atoms with E-state index in [4.69, 9.17) is 9.47 Å². The molecule has 0 unspecified atom stereocenters. The van der Waals surface area contributed by atoms with Crippen LogP contribution >= 0.6 is 0 Å². The van der Waals surface area contributed by atoms with Crippen molar-refractivity contribution in [1.29, 1.82) is 0 Å². The summed E-state index contributed by atoms with van der Waals surface area (Å²) in [5, 5.41) is 2.74. The number of carbonyl (C=O) groups excluding carboxylic acids is 1. The van der Waals surface area contributed by atoms with E-state index >= 15 is 0 Å². The first-order valence-electron chi connectivity index (χ1n) is 8.97. The van der Waals surface area contributed by atoms with Crippen LogP contribution in [-0.2, 0) is 16.6 Å². The molecule has 1 amide bonds. The van der Waals surface area contributed by atoms with Gasteiger partial charge in [0.1, 0.15) is 6.61 Å². The summed E-state index contributed by atoms with van der Waals surface area (Å²) in [5.41, 5.74) is 1.57. The van der Waals surface area contributed by atoms with Crippen LogP contribution < -0.4 is 19.5 Å². The first-order valence-corrected chi connectivity index (χ1v) is 10.5. The molecule has 0 saturated heterocycles. The number of sulfonamides is 1. The molecule has 0 aliphatic rings. The Morgan fingerprint density at radius 3 is 2.60 bits per heavy atom. The lowest BCUT2D eigenvalue weighted by molar-refractivity contribution is 0.102. The molecule has 0 aliphatic carbocycles. The Balaban J connectivity index is 1.78. The predicted molar refractivity (Wildman–Crippen MR) is 112 cm³/mol. The van der Waals surface area contributed by atoms with E-state index in [1.807, 2.05) is 12.1 Å². The molecule has 30 heavy (non-hydrogen) atoms. The summed E-state index contributed by atoms with van der Waals surface area (Å²) in [5.74, 6) is 0.510. The molecule has 0 bridgehead atoms. The van der Waals surface area contributed by atoms with Crippen molar-refractivity contribution in [2.75, 3.05) is 19.5 Å². The van der Waals surface area contributed by atoms with E-state index in [1.165, 1.54) is 38.4 Å². The van der Waals surface area contributed by atoms with Crippen molar-refractivity contribution in [2.24, 2.45) is 0 Å². The lowest BCUT2D eigenvalue weighted by atomic mass is 10.2. The number of amides is 1. The molecule has 2 aromatic carbocycles. The second kappa shape index (κ2) is 9.38. The van der Waals surface area contributed by atoms with Gasteiger partial charge >= 0.3 is 0 Å². The van der Waals surface area contributed by atoms with E-state index in [0.29, 0.717) is 17.2 Å². The SMILES string of the molecule is CNS(=O)(=O)c1cccc(C(=O)Nc2ccc(OC)c(OCc3cccnc3)c2)c1. The third-order valence-electron chi connectivity index (χ3n) is 4.21. The number of nitrogens with zero attached hydrogens (tertiary/aromatic N) is 1. The van der Waals surface area contributed by atoms with E-state index < -0.39 is 15.9 Å². The Labute approximate surface area is 174 Å². The van der Waals surface area contributed by atoms with Gasteiger partial charge in [0.15, 0.2) is 11.5 Å². The lowest BCUT2D eigenvalue weighted by Crippen LogP contribution is -2.19. The molecule has 3 rings (SSSR count). The van der Waals surface area contributed by atoms with Crippen molar-refractivity contribution in [3.63, 3.8) is 0 Å². The molecule has 1 heterocycles. The minimum absolute atomic E-state index is 0.00729. The third kappa shape index (κ3) is 5.13. The van der Waals surface area contributed by atoms with Gasteiger partial charge in [-0.2, -0.15) is 0 Å². The fourth-order valence-corrected chi connectivity index (χ4v) is 3.41. The van der Waals surface area contributed by atoms with E-state index in [2.05, 4.69) is 15.0 Å². The molecule has 0 spiro atoms. The minimum Gasteiger partial charge on any atom is -0.493 e. The number of benzene rings is 2. The zero-order valence-corrected chi connectivity index (χ0v) is 17.3. The number of methoxy groups -OCH3 is 1. The average molecular weight is 427 g/mol. The number of anilines is 1. The normalized spacial score (nSPS) is 11.0. The maximum absolute atomic E-state index is 12.6. The Morgan fingerprint density at radius 2 is 1.90 bits per heavy atom. The molecule has 0 aliphatic heterocycles. The number of hydrogen-bond acceptors (Lipinski definition) is 6. The number of carbonyl (C=O) groups is 1. The van der Waals surface area contributed by atoms with Gasteiger partial charge in [0.25, 0.3) is 5.91 Å². The van der Waals surface area contributed by atoms with Crippen LogP contribution in [0.15, 0.2) is 71.9 Å². The predicted octanol–water partition coefficient (Wildman–Crippen LogP) is 2.83. The average Bonchev–Trinajstić information content (AvgIpc) is 2.78. The lowest BCUT2D eigenvalue weighted by Gasteiger charge is -2.13. The van der Waals surface area contributed by atoms with Crippen molar-refractivity contribution in [2.45, 2.75) is 11.5 Å². The minimum atomic E-state index is -3.65. The highest BCUT2D eigenvalue weighted by atomic mass is 32.2. The van der Waals surface area contributed by atoms with E-state index in [-0.39, 0.29) is 17.1 Å². The number of hydrogen-bond donors (Lipinski definition) is 2. The topological polar surface area (TPSA) is 107 Å². The Kier molecular flexibility index (Phi) is 6.65. The van der Waals surface area contributed by atoms with E-state index in [1.54, 1.807) is 30.6 Å². The maximum atomic E-state index is 12.6. The molecular weight excluding hydrogens is 406 g/mol. The van der Waals surface area contributed by atoms with Crippen LogP contribution in [0.2, 0.25) is 0 Å². The van der Waals surface area contributed by atoms with Gasteiger partial charge in [-0.1, -0.05) is 12.1 Å². The molecule has 0 atom stereocenters. The van der Waals surface area contributed by atoms with Gasteiger partial charge in [-0.15, -0.1) is 0 Å². The molecule has 3 aromatic rings. The molecule has 0 fully saturated rings. The van der Waals surface area contributed by atoms with Crippen molar-refractivity contribution in [3.8, 4) is 11.5 Å². The quantitative estimate of drug-likeness (QED) is 0.573. The van der Waals surface area contributed by atoms with Crippen molar-refractivity contribution in [3.05, 3.63) is 78.1 Å². The number of rotatable bonds is 8. The molecule has 0 radical (unpaired) electrons. The zero-order valence-electron chi connectivity index (χ0n) is 16.5. The Bertz CT molecular complexity index is 1130. The fourth-order valence-electron chi connectivity index (χ4n) is 2.64. The Morgan fingerprint density at radius 1 is 1.07 bits per heavy atom. The monoisotopic (exact) mass is 427 g/mol. The number of aromatic nitrogens is 1. The molecular formula is C21H21N3O5S. The first kappa shape index (κ1) is 21.3. The second-order valence-electron chi connectivity index (χ2n) is 6.21. The van der Waals surface area contributed by atoms with Gasteiger partial charge in [-0.05, 0) is 43.4 Å². The van der Waals surface area contributed by atoms with Gasteiger partial charge in [0, 0.05) is 35.3 Å². The highest BCUT2D eigenvalue weighted by molar-refractivity contribution is 7.89. The van der Waals surface area contributed by atoms with Crippen LogP contribution in [0, 0.1) is 0 Å². The van der Waals surface area contributed by atoms with Crippen LogP contribution in [0.25, 0.3) is 0 Å². The molecule has 1 aromatic heterocycles. The summed E-state index contributed by atoms with van der Waals surface area (Å²) >= 11 is 0. The summed E-state index contributed by atoms with van der Waals surface area (Å²) in [6, 6.07) is 14.5. The summed E-state index contributed by atoms with van der Waals surface area (Å²) in [7, 11) is -0.810. The summed E-state index contributed by atoms with van der Waals surface area (Å²) in [6.07, 6.45) is 3.38. The van der Waals surface area contributed by atoms with Crippen molar-refractivity contribution >= 4 is 21.6 Å². The molecule has 8 nitrogen and oxygen atoms in total. The van der Waals surface area contributed by atoms with Crippen LogP contribution in [0.1, 0.15) is 15.9 Å². The van der Waals surface area contributed by atoms with Gasteiger partial charge in [-0.25, -0.2) is 13.1 Å². The number of pyridine rings is 1. The first-order chi connectivity index (χ1) is 14.4. The van der Waals surface area contributed by atoms with E-state index in [0.717, 1.165) is 5.56 Å². The third-order valence-corrected chi connectivity index (χ3v) is 5.63. The largest absolute Gasteiger partial charge is 0.493 e. The van der Waals surface area contributed by atoms with Crippen LogP contribution in [-0.4, -0.2) is 33.5 Å². The smallest absolute Gasteiger partial charge is 0.255 e. The molecule has 2 N–H and O–H groups in total. The van der Waals surface area contributed by atoms with Gasteiger partial charge in [0.05, 0.1) is 12.0 Å². The van der Waals surface area contributed by atoms with Crippen molar-refractivity contribution in [1.82, 2.24) is 9.71 Å². The summed E-state index contributed by atoms with van der Waals surface area (Å²) < 4.78 is 37.3. The van der Waals surface area contributed by atoms with E-state index in [9.17, 15) is 13.2 Å². The van der Waals surface area contributed by atoms with Crippen LogP contribution in [0.3, 0.4) is 0 Å². The highest BCUT2D eigenvalue weighted by Crippen LogP contribution is 2.31. The summed E-state index contributed by atoms with van der Waals surface area (Å²) in [6.45, 7) is 0.283. The molecule has 9 heteroatoms. The van der Waals surface area contributed by atoms with Crippen LogP contribution in [0.5, 0.6) is 11.5 Å². The van der Waals surface area contributed by atoms with Crippen molar-refractivity contribution < 1.29 is 22.7 Å².